The minimum Gasteiger partial charge on any atom is -0.380 e. The van der Waals surface area contributed by atoms with Crippen LogP contribution in [0.1, 0.15) is 25.8 Å². The maximum absolute atomic E-state index is 4.93. The first kappa shape index (κ1) is 11.2. The molecule has 1 nitrogen and oxygen atoms in total. The average molecular weight is 166 g/mol. The fourth-order valence-electron chi connectivity index (χ4n) is 0.741. The summed E-state index contributed by atoms with van der Waals surface area (Å²) in [6.07, 6.45) is 1.25. The molecule has 0 bridgehead atoms. The van der Waals surface area contributed by atoms with Gasteiger partial charge in [-0.1, -0.05) is 50.6 Å². The van der Waals surface area contributed by atoms with Gasteiger partial charge in [-0.15, -0.1) is 0 Å². The van der Waals surface area contributed by atoms with Crippen LogP contribution in [0.15, 0.2) is 30.3 Å². The van der Waals surface area contributed by atoms with Gasteiger partial charge in [0, 0.05) is 7.11 Å². The Bertz CT molecular complexity index is 170. The molecule has 0 saturated carbocycles. The fourth-order valence-corrected chi connectivity index (χ4v) is 0.741. The molecule has 68 valence electrons. The average Bonchev–Trinajstić information content (AvgIpc) is 2.08. The van der Waals surface area contributed by atoms with E-state index in [1.54, 1.807) is 7.11 Å². The standard InChI is InChI=1S/C8H10O.C3H8/c1-9-7-8-5-3-2-4-6-8;1-3-2/h2-6H,7H2,1H3;3H2,1-2H3. The number of benzene rings is 1. The zero-order valence-electron chi connectivity index (χ0n) is 8.21. The van der Waals surface area contributed by atoms with Crippen molar-refractivity contribution in [2.24, 2.45) is 0 Å². The smallest absolute Gasteiger partial charge is 0.0713 e. The van der Waals surface area contributed by atoms with Crippen molar-refractivity contribution in [1.29, 1.82) is 0 Å². The number of rotatable bonds is 2. The van der Waals surface area contributed by atoms with Gasteiger partial charge in [0.05, 0.1) is 6.61 Å². The molecule has 0 heterocycles. The van der Waals surface area contributed by atoms with E-state index >= 15 is 0 Å². The molecular formula is C11H18O. The van der Waals surface area contributed by atoms with Crippen LogP contribution in [-0.4, -0.2) is 7.11 Å². The minimum atomic E-state index is 0.709. The number of hydrogen-bond acceptors (Lipinski definition) is 1. The highest BCUT2D eigenvalue weighted by Crippen LogP contribution is 1.98. The van der Waals surface area contributed by atoms with Gasteiger partial charge in [-0.05, 0) is 5.56 Å². The molecule has 0 unspecified atom stereocenters. The number of ether oxygens (including phenoxy) is 1. The van der Waals surface area contributed by atoms with Gasteiger partial charge < -0.3 is 4.74 Å². The fraction of sp³-hybridized carbons (Fsp3) is 0.455. The molecule has 0 amide bonds. The third-order valence-electron chi connectivity index (χ3n) is 1.15. The Morgan fingerprint density at radius 3 is 2.00 bits per heavy atom. The molecule has 0 saturated heterocycles. The van der Waals surface area contributed by atoms with Crippen LogP contribution in [0.2, 0.25) is 0 Å². The van der Waals surface area contributed by atoms with Crippen molar-refractivity contribution < 1.29 is 4.74 Å². The summed E-state index contributed by atoms with van der Waals surface area (Å²) in [5.41, 5.74) is 1.22. The lowest BCUT2D eigenvalue weighted by molar-refractivity contribution is 0.185. The Morgan fingerprint density at radius 1 is 1.08 bits per heavy atom. The molecule has 0 aromatic heterocycles. The van der Waals surface area contributed by atoms with Gasteiger partial charge in [-0.2, -0.15) is 0 Å². The van der Waals surface area contributed by atoms with E-state index in [1.165, 1.54) is 12.0 Å². The van der Waals surface area contributed by atoms with Gasteiger partial charge in [0.2, 0.25) is 0 Å². The topological polar surface area (TPSA) is 9.23 Å². The quantitative estimate of drug-likeness (QED) is 0.655. The Labute approximate surface area is 75.4 Å². The van der Waals surface area contributed by atoms with Crippen LogP contribution in [0.25, 0.3) is 0 Å². The van der Waals surface area contributed by atoms with E-state index in [0.717, 1.165) is 0 Å². The summed E-state index contributed by atoms with van der Waals surface area (Å²) >= 11 is 0. The van der Waals surface area contributed by atoms with Crippen molar-refractivity contribution in [3.05, 3.63) is 35.9 Å². The SMILES string of the molecule is CCC.COCc1ccccc1. The van der Waals surface area contributed by atoms with Gasteiger partial charge in [0.1, 0.15) is 0 Å². The van der Waals surface area contributed by atoms with Crippen molar-refractivity contribution in [2.75, 3.05) is 7.11 Å². The molecule has 1 heteroatoms. The van der Waals surface area contributed by atoms with Crippen LogP contribution in [0.4, 0.5) is 0 Å². The molecule has 1 rings (SSSR count). The van der Waals surface area contributed by atoms with Crippen LogP contribution in [0.3, 0.4) is 0 Å². The number of hydrogen-bond donors (Lipinski definition) is 0. The molecular weight excluding hydrogens is 148 g/mol. The maximum atomic E-state index is 4.93. The van der Waals surface area contributed by atoms with Gasteiger partial charge in [-0.3, -0.25) is 0 Å². The summed E-state index contributed by atoms with van der Waals surface area (Å²) in [5, 5.41) is 0. The third kappa shape index (κ3) is 5.93. The minimum absolute atomic E-state index is 0.709. The monoisotopic (exact) mass is 166 g/mol. The van der Waals surface area contributed by atoms with E-state index in [0.29, 0.717) is 6.61 Å². The first-order valence-corrected chi connectivity index (χ1v) is 4.38. The van der Waals surface area contributed by atoms with Gasteiger partial charge >= 0.3 is 0 Å². The summed E-state index contributed by atoms with van der Waals surface area (Å²) in [4.78, 5) is 0. The summed E-state index contributed by atoms with van der Waals surface area (Å²) in [5.74, 6) is 0. The lowest BCUT2D eigenvalue weighted by atomic mass is 10.2. The van der Waals surface area contributed by atoms with E-state index in [2.05, 4.69) is 13.8 Å². The molecule has 0 N–H and O–H groups in total. The molecule has 0 radical (unpaired) electrons. The predicted molar refractivity (Wildman–Crippen MR) is 53.1 cm³/mol. The summed E-state index contributed by atoms with van der Waals surface area (Å²) in [7, 11) is 1.70. The molecule has 0 spiro atoms. The van der Waals surface area contributed by atoms with E-state index in [4.69, 9.17) is 4.74 Å². The van der Waals surface area contributed by atoms with Gasteiger partial charge in [-0.25, -0.2) is 0 Å². The summed E-state index contributed by atoms with van der Waals surface area (Å²) in [6.45, 7) is 4.96. The highest BCUT2D eigenvalue weighted by atomic mass is 16.5. The first-order valence-electron chi connectivity index (χ1n) is 4.38. The Kier molecular flexibility index (Phi) is 7.71. The third-order valence-corrected chi connectivity index (χ3v) is 1.15. The normalized spacial score (nSPS) is 8.58. The zero-order chi connectivity index (χ0) is 9.23. The second kappa shape index (κ2) is 8.28. The Hall–Kier alpha value is -0.820. The Balaban J connectivity index is 0.000000354. The molecule has 0 aliphatic rings. The van der Waals surface area contributed by atoms with Crippen LogP contribution in [0, 0.1) is 0 Å². The van der Waals surface area contributed by atoms with E-state index < -0.39 is 0 Å². The highest BCUT2D eigenvalue weighted by molar-refractivity contribution is 5.13. The predicted octanol–water partition coefficient (Wildman–Crippen LogP) is 3.25. The van der Waals surface area contributed by atoms with E-state index in [-0.39, 0.29) is 0 Å². The van der Waals surface area contributed by atoms with Crippen molar-refractivity contribution in [2.45, 2.75) is 26.9 Å². The van der Waals surface area contributed by atoms with Crippen LogP contribution < -0.4 is 0 Å². The molecule has 1 aromatic carbocycles. The van der Waals surface area contributed by atoms with Crippen LogP contribution >= 0.6 is 0 Å². The van der Waals surface area contributed by atoms with Crippen LogP contribution in [-0.2, 0) is 11.3 Å². The molecule has 0 fully saturated rings. The second-order valence-corrected chi connectivity index (χ2v) is 2.63. The van der Waals surface area contributed by atoms with Crippen LogP contribution in [0.5, 0.6) is 0 Å². The van der Waals surface area contributed by atoms with E-state index in [1.807, 2.05) is 30.3 Å². The van der Waals surface area contributed by atoms with E-state index in [9.17, 15) is 0 Å². The molecule has 0 aliphatic carbocycles. The molecule has 0 aliphatic heterocycles. The van der Waals surface area contributed by atoms with Gasteiger partial charge in [0.15, 0.2) is 0 Å². The largest absolute Gasteiger partial charge is 0.380 e. The molecule has 12 heavy (non-hydrogen) atoms. The van der Waals surface area contributed by atoms with Crippen molar-refractivity contribution in [3.63, 3.8) is 0 Å². The maximum Gasteiger partial charge on any atom is 0.0713 e. The summed E-state index contributed by atoms with van der Waals surface area (Å²) < 4.78 is 4.93. The zero-order valence-corrected chi connectivity index (χ0v) is 8.21. The highest BCUT2D eigenvalue weighted by Gasteiger charge is 1.84. The molecule has 0 atom stereocenters. The summed E-state index contributed by atoms with van der Waals surface area (Å²) in [6, 6.07) is 10.1. The van der Waals surface area contributed by atoms with Gasteiger partial charge in [0.25, 0.3) is 0 Å². The Morgan fingerprint density at radius 2 is 1.58 bits per heavy atom. The molecule has 1 aromatic rings. The van der Waals surface area contributed by atoms with Crippen molar-refractivity contribution in [3.8, 4) is 0 Å². The first-order chi connectivity index (χ1) is 5.85. The van der Waals surface area contributed by atoms with Crippen molar-refractivity contribution in [1.82, 2.24) is 0 Å². The second-order valence-electron chi connectivity index (χ2n) is 2.63. The van der Waals surface area contributed by atoms with Crippen molar-refractivity contribution >= 4 is 0 Å². The lowest BCUT2D eigenvalue weighted by Crippen LogP contribution is -1.84. The number of methoxy groups -OCH3 is 1. The lowest BCUT2D eigenvalue weighted by Gasteiger charge is -1.95.